The molecule has 3 aliphatic rings. The van der Waals surface area contributed by atoms with Crippen molar-refractivity contribution in [3.8, 4) is 0 Å². The second kappa shape index (κ2) is 6.39. The van der Waals surface area contributed by atoms with Gasteiger partial charge in [0, 0.05) is 32.6 Å². The first-order chi connectivity index (χ1) is 13.5. The number of nitrogens with zero attached hydrogens (tertiary/aromatic N) is 4. The number of carbonyl (C=O) groups is 2. The summed E-state index contributed by atoms with van der Waals surface area (Å²) in [5, 5.41) is 0. The van der Waals surface area contributed by atoms with Crippen LogP contribution < -0.4 is 4.90 Å². The Kier molecular flexibility index (Phi) is 3.96. The van der Waals surface area contributed by atoms with E-state index < -0.39 is 0 Å². The molecule has 4 heterocycles. The van der Waals surface area contributed by atoms with E-state index in [4.69, 9.17) is 9.15 Å². The summed E-state index contributed by atoms with van der Waals surface area (Å²) in [6.07, 6.45) is 1.22. The number of likely N-dealkylation sites (tertiary alicyclic amines) is 1. The number of aromatic nitrogens is 1. The lowest BCUT2D eigenvalue weighted by Gasteiger charge is -2.37. The maximum absolute atomic E-state index is 12.4. The Bertz CT molecular complexity index is 933. The van der Waals surface area contributed by atoms with Gasteiger partial charge in [0.25, 0.3) is 6.01 Å². The summed E-state index contributed by atoms with van der Waals surface area (Å²) in [6, 6.07) is 6.73. The summed E-state index contributed by atoms with van der Waals surface area (Å²) in [4.78, 5) is 34.5. The molecule has 3 aliphatic heterocycles. The number of hydrogen-bond donors (Lipinski definition) is 0. The number of anilines is 1. The van der Waals surface area contributed by atoms with Crippen LogP contribution in [0.25, 0.3) is 11.1 Å². The molecule has 0 bridgehead atoms. The lowest BCUT2D eigenvalue weighted by molar-refractivity contribution is -0.128. The van der Waals surface area contributed by atoms with Crippen molar-refractivity contribution in [2.45, 2.75) is 44.9 Å². The number of hydrogen-bond acceptors (Lipinski definition) is 6. The Labute approximate surface area is 163 Å². The fraction of sp³-hybridized carbons (Fsp3) is 0.550. The molecular weight excluding hydrogens is 360 g/mol. The van der Waals surface area contributed by atoms with Gasteiger partial charge in [-0.3, -0.25) is 9.69 Å². The van der Waals surface area contributed by atoms with E-state index in [1.54, 1.807) is 11.8 Å². The summed E-state index contributed by atoms with van der Waals surface area (Å²) in [5.74, 6) is 0.0337. The molecule has 0 saturated carbocycles. The molecule has 3 fully saturated rings. The minimum absolute atomic E-state index is 0.0275. The first kappa shape index (κ1) is 17.3. The largest absolute Gasteiger partial charge is 0.442 e. The molecule has 1 aromatic heterocycles. The minimum atomic E-state index is -0.242. The third-order valence-electron chi connectivity index (χ3n) is 6.16. The van der Waals surface area contributed by atoms with Gasteiger partial charge in [-0.2, -0.15) is 4.98 Å². The summed E-state index contributed by atoms with van der Waals surface area (Å²) < 4.78 is 11.5. The second-order valence-corrected chi connectivity index (χ2v) is 8.01. The Morgan fingerprint density at radius 2 is 2.00 bits per heavy atom. The van der Waals surface area contributed by atoms with Gasteiger partial charge in [-0.05, 0) is 37.5 Å². The van der Waals surface area contributed by atoms with E-state index in [0.717, 1.165) is 42.6 Å². The van der Waals surface area contributed by atoms with Crippen molar-refractivity contribution in [3.05, 3.63) is 23.8 Å². The molecule has 2 amide bonds. The van der Waals surface area contributed by atoms with E-state index in [1.165, 1.54) is 0 Å². The summed E-state index contributed by atoms with van der Waals surface area (Å²) >= 11 is 0. The van der Waals surface area contributed by atoms with Gasteiger partial charge >= 0.3 is 6.09 Å². The Morgan fingerprint density at radius 3 is 2.75 bits per heavy atom. The molecule has 148 valence electrons. The fourth-order valence-corrected chi connectivity index (χ4v) is 4.64. The van der Waals surface area contributed by atoms with Crippen LogP contribution in [0.1, 0.15) is 25.3 Å². The van der Waals surface area contributed by atoms with E-state index in [0.29, 0.717) is 19.1 Å². The molecular formula is C20H24N4O4. The van der Waals surface area contributed by atoms with Crippen LogP contribution in [0.5, 0.6) is 0 Å². The highest BCUT2D eigenvalue weighted by Gasteiger charge is 2.51. The molecule has 0 aliphatic carbocycles. The number of carbonyl (C=O) groups excluding carboxylic acids is 2. The highest BCUT2D eigenvalue weighted by atomic mass is 16.6. The molecule has 8 heteroatoms. The molecule has 5 rings (SSSR count). The molecule has 28 heavy (non-hydrogen) atoms. The van der Waals surface area contributed by atoms with Crippen molar-refractivity contribution in [3.63, 3.8) is 0 Å². The van der Waals surface area contributed by atoms with E-state index >= 15 is 0 Å². The van der Waals surface area contributed by atoms with E-state index in [-0.39, 0.29) is 30.2 Å². The van der Waals surface area contributed by atoms with Crippen LogP contribution in [0.3, 0.4) is 0 Å². The van der Waals surface area contributed by atoms with Crippen molar-refractivity contribution < 1.29 is 18.7 Å². The third-order valence-corrected chi connectivity index (χ3v) is 6.16. The van der Waals surface area contributed by atoms with Gasteiger partial charge in [-0.1, -0.05) is 6.07 Å². The smallest absolute Gasteiger partial charge is 0.410 e. The first-order valence-corrected chi connectivity index (χ1v) is 9.86. The predicted molar refractivity (Wildman–Crippen MR) is 102 cm³/mol. The fourth-order valence-electron chi connectivity index (χ4n) is 4.64. The van der Waals surface area contributed by atoms with E-state index in [2.05, 4.69) is 9.88 Å². The van der Waals surface area contributed by atoms with Crippen molar-refractivity contribution in [1.82, 2.24) is 14.8 Å². The van der Waals surface area contributed by atoms with Crippen molar-refractivity contribution in [1.29, 1.82) is 0 Å². The molecule has 2 aromatic rings. The topological polar surface area (TPSA) is 79.1 Å². The van der Waals surface area contributed by atoms with Crippen LogP contribution in [0.4, 0.5) is 10.8 Å². The van der Waals surface area contributed by atoms with Crippen LogP contribution in [0.15, 0.2) is 22.6 Å². The first-order valence-electron chi connectivity index (χ1n) is 9.86. The van der Waals surface area contributed by atoms with Crippen LogP contribution in [0.2, 0.25) is 0 Å². The zero-order valence-corrected chi connectivity index (χ0v) is 16.1. The van der Waals surface area contributed by atoms with Gasteiger partial charge < -0.3 is 19.0 Å². The Morgan fingerprint density at radius 1 is 1.21 bits per heavy atom. The van der Waals surface area contributed by atoms with Crippen molar-refractivity contribution in [2.24, 2.45) is 0 Å². The maximum atomic E-state index is 12.4. The average Bonchev–Trinajstić information content (AvgIpc) is 3.33. The monoisotopic (exact) mass is 384 g/mol. The molecule has 0 radical (unpaired) electrons. The normalized spacial score (nSPS) is 25.5. The zero-order valence-electron chi connectivity index (χ0n) is 16.1. The van der Waals surface area contributed by atoms with Gasteiger partial charge in [0.2, 0.25) is 5.91 Å². The molecule has 0 spiro atoms. The van der Waals surface area contributed by atoms with Crippen LogP contribution in [0, 0.1) is 6.92 Å². The molecule has 1 aromatic carbocycles. The number of piperidine rings is 1. The van der Waals surface area contributed by atoms with Gasteiger partial charge in [0.05, 0.1) is 12.6 Å². The van der Waals surface area contributed by atoms with Gasteiger partial charge in [0.1, 0.15) is 11.6 Å². The predicted octanol–water partition coefficient (Wildman–Crippen LogP) is 2.16. The average molecular weight is 384 g/mol. The maximum Gasteiger partial charge on any atom is 0.410 e. The number of ether oxygens (including phenoxy) is 1. The number of benzene rings is 1. The van der Waals surface area contributed by atoms with Gasteiger partial charge in [-0.15, -0.1) is 0 Å². The Balaban J connectivity index is 1.27. The van der Waals surface area contributed by atoms with E-state index in [1.807, 2.05) is 30.0 Å². The van der Waals surface area contributed by atoms with Crippen LogP contribution in [-0.2, 0) is 9.53 Å². The highest BCUT2D eigenvalue weighted by molar-refractivity contribution is 5.76. The number of fused-ring (bicyclic) bond motifs is 2. The Hall–Kier alpha value is -2.77. The standard InChI is InChI=1S/C20H24N4O4/c1-12-3-4-17-15(9-12)21-19(27-17)22-7-5-14(6-8-22)24-16-10-23(13(2)25)11-18(16)28-20(24)26/h3-4,9,14,16,18H,5-8,10-11H2,1-2H3/t16-,18+/m1/s1. The zero-order chi connectivity index (χ0) is 19.4. The molecule has 0 N–H and O–H groups in total. The van der Waals surface area contributed by atoms with Crippen LogP contribution >= 0.6 is 0 Å². The summed E-state index contributed by atoms with van der Waals surface area (Å²) in [5.41, 5.74) is 2.83. The lowest BCUT2D eigenvalue weighted by atomic mass is 10.0. The number of rotatable bonds is 2. The molecule has 0 unspecified atom stereocenters. The number of aryl methyl sites for hydroxylation is 1. The quantitative estimate of drug-likeness (QED) is 0.790. The molecule has 3 saturated heterocycles. The van der Waals surface area contributed by atoms with Gasteiger partial charge in [-0.25, -0.2) is 4.79 Å². The number of oxazole rings is 1. The van der Waals surface area contributed by atoms with E-state index in [9.17, 15) is 9.59 Å². The molecule has 8 nitrogen and oxygen atoms in total. The van der Waals surface area contributed by atoms with Crippen molar-refractivity contribution >= 4 is 29.1 Å². The van der Waals surface area contributed by atoms with Gasteiger partial charge in [0.15, 0.2) is 5.58 Å². The summed E-state index contributed by atoms with van der Waals surface area (Å²) in [6.45, 7) is 6.22. The molecule has 2 atom stereocenters. The second-order valence-electron chi connectivity index (χ2n) is 8.01. The summed E-state index contributed by atoms with van der Waals surface area (Å²) in [7, 11) is 0. The highest BCUT2D eigenvalue weighted by Crippen LogP contribution is 2.33. The number of amides is 2. The van der Waals surface area contributed by atoms with Crippen molar-refractivity contribution in [2.75, 3.05) is 31.1 Å². The minimum Gasteiger partial charge on any atom is -0.442 e. The van der Waals surface area contributed by atoms with Crippen LogP contribution in [-0.4, -0.2) is 71.2 Å². The lowest BCUT2D eigenvalue weighted by Crippen LogP contribution is -2.50. The third kappa shape index (κ3) is 2.78. The SMILES string of the molecule is CC(=O)N1C[C@@H]2OC(=O)N(C3CCN(c4nc5cc(C)ccc5o4)CC3)[C@@H]2C1.